The van der Waals surface area contributed by atoms with E-state index in [4.69, 9.17) is 0 Å². The Morgan fingerprint density at radius 3 is 2.56 bits per heavy atom. The fourth-order valence-electron chi connectivity index (χ4n) is 2.84. The number of nitrogens with one attached hydrogen (secondary N) is 2. The molecule has 132 valence electrons. The SMILES string of the molecule is Cc1cccc(C)c1Nc1nccc(C(=O)NC2CCS(=O)(=O)C2)n1. The van der Waals surface area contributed by atoms with Crippen molar-refractivity contribution in [1.29, 1.82) is 0 Å². The fourth-order valence-corrected chi connectivity index (χ4v) is 4.51. The second kappa shape index (κ2) is 6.79. The van der Waals surface area contributed by atoms with Crippen LogP contribution in [0.3, 0.4) is 0 Å². The number of aromatic nitrogens is 2. The summed E-state index contributed by atoms with van der Waals surface area (Å²) in [6.45, 7) is 3.96. The molecule has 8 heteroatoms. The molecule has 2 N–H and O–H groups in total. The zero-order valence-electron chi connectivity index (χ0n) is 14.1. The van der Waals surface area contributed by atoms with Crippen molar-refractivity contribution in [2.45, 2.75) is 26.3 Å². The van der Waals surface area contributed by atoms with E-state index < -0.39 is 15.7 Å². The van der Waals surface area contributed by atoms with Crippen LogP contribution in [0.25, 0.3) is 0 Å². The van der Waals surface area contributed by atoms with Gasteiger partial charge in [0.25, 0.3) is 5.91 Å². The second-order valence-corrected chi connectivity index (χ2v) is 8.46. The number of aryl methyl sites for hydroxylation is 2. The molecule has 1 aromatic carbocycles. The van der Waals surface area contributed by atoms with Gasteiger partial charge in [-0.2, -0.15) is 0 Å². The van der Waals surface area contributed by atoms with E-state index >= 15 is 0 Å². The molecule has 0 bridgehead atoms. The summed E-state index contributed by atoms with van der Waals surface area (Å²) in [7, 11) is -3.04. The third-order valence-corrected chi connectivity index (χ3v) is 5.94. The number of hydrogen-bond donors (Lipinski definition) is 2. The molecule has 0 saturated carbocycles. The molecule has 1 amide bonds. The predicted molar refractivity (Wildman–Crippen MR) is 95.8 cm³/mol. The van der Waals surface area contributed by atoms with Crippen molar-refractivity contribution in [3.63, 3.8) is 0 Å². The fraction of sp³-hybridized carbons (Fsp3) is 0.353. The number of hydrogen-bond acceptors (Lipinski definition) is 6. The van der Waals surface area contributed by atoms with Gasteiger partial charge in [0.2, 0.25) is 5.95 Å². The molecule has 0 spiro atoms. The minimum atomic E-state index is -3.04. The van der Waals surface area contributed by atoms with E-state index in [0.717, 1.165) is 16.8 Å². The summed E-state index contributed by atoms with van der Waals surface area (Å²) in [6, 6.07) is 7.08. The van der Waals surface area contributed by atoms with Gasteiger partial charge in [0.15, 0.2) is 9.84 Å². The minimum absolute atomic E-state index is 0.0165. The van der Waals surface area contributed by atoms with Gasteiger partial charge in [0.05, 0.1) is 11.5 Å². The van der Waals surface area contributed by atoms with Crippen LogP contribution >= 0.6 is 0 Å². The number of sulfone groups is 1. The molecule has 1 aliphatic rings. The molecule has 2 aromatic rings. The van der Waals surface area contributed by atoms with Gasteiger partial charge in [0.1, 0.15) is 5.69 Å². The quantitative estimate of drug-likeness (QED) is 0.861. The lowest BCUT2D eigenvalue weighted by Gasteiger charge is -2.13. The van der Waals surface area contributed by atoms with Crippen molar-refractivity contribution in [1.82, 2.24) is 15.3 Å². The van der Waals surface area contributed by atoms with Crippen LogP contribution in [-0.4, -0.2) is 41.8 Å². The van der Waals surface area contributed by atoms with Gasteiger partial charge >= 0.3 is 0 Å². The van der Waals surface area contributed by atoms with Gasteiger partial charge in [-0.05, 0) is 37.5 Å². The molecule has 1 fully saturated rings. The molecule has 2 heterocycles. The molecule has 0 aliphatic carbocycles. The van der Waals surface area contributed by atoms with Crippen LogP contribution in [0.4, 0.5) is 11.6 Å². The Hall–Kier alpha value is -2.48. The van der Waals surface area contributed by atoms with Crippen molar-refractivity contribution in [3.05, 3.63) is 47.3 Å². The summed E-state index contributed by atoms with van der Waals surface area (Å²) in [5, 5.41) is 5.87. The number of carbonyl (C=O) groups excluding carboxylic acids is 1. The first-order valence-electron chi connectivity index (χ1n) is 8.02. The molecule has 3 rings (SSSR count). The van der Waals surface area contributed by atoms with Crippen LogP contribution in [-0.2, 0) is 9.84 Å². The van der Waals surface area contributed by atoms with E-state index in [1.807, 2.05) is 32.0 Å². The highest BCUT2D eigenvalue weighted by atomic mass is 32.2. The maximum Gasteiger partial charge on any atom is 0.270 e. The van der Waals surface area contributed by atoms with Gasteiger partial charge in [0, 0.05) is 17.9 Å². The molecule has 1 unspecified atom stereocenters. The third-order valence-electron chi connectivity index (χ3n) is 4.17. The van der Waals surface area contributed by atoms with Crippen LogP contribution in [0.15, 0.2) is 30.5 Å². The highest BCUT2D eigenvalue weighted by molar-refractivity contribution is 7.91. The summed E-state index contributed by atoms with van der Waals surface area (Å²) in [4.78, 5) is 20.7. The molecule has 1 atom stereocenters. The molecule has 1 aliphatic heterocycles. The Morgan fingerprint density at radius 1 is 1.20 bits per heavy atom. The Bertz CT molecular complexity index is 892. The van der Waals surface area contributed by atoms with E-state index in [1.165, 1.54) is 12.3 Å². The summed E-state index contributed by atoms with van der Waals surface area (Å²) in [5.41, 5.74) is 3.21. The zero-order valence-corrected chi connectivity index (χ0v) is 14.9. The summed E-state index contributed by atoms with van der Waals surface area (Å²) in [6.07, 6.45) is 1.94. The number of rotatable bonds is 4. The first kappa shape index (κ1) is 17.3. The van der Waals surface area contributed by atoms with Gasteiger partial charge in [-0.25, -0.2) is 18.4 Å². The number of carbonyl (C=O) groups is 1. The topological polar surface area (TPSA) is 101 Å². The Morgan fingerprint density at radius 2 is 1.92 bits per heavy atom. The number of benzene rings is 1. The van der Waals surface area contributed by atoms with E-state index in [0.29, 0.717) is 12.4 Å². The first-order chi connectivity index (χ1) is 11.8. The normalized spacial score (nSPS) is 18.7. The number of nitrogens with zero attached hydrogens (tertiary/aromatic N) is 2. The number of anilines is 2. The van der Waals surface area contributed by atoms with Crippen molar-refractivity contribution in [2.75, 3.05) is 16.8 Å². The Labute approximate surface area is 146 Å². The molecule has 1 saturated heterocycles. The van der Waals surface area contributed by atoms with E-state index in [9.17, 15) is 13.2 Å². The maximum atomic E-state index is 12.3. The minimum Gasteiger partial charge on any atom is -0.347 e. The molecular formula is C17H20N4O3S. The molecule has 25 heavy (non-hydrogen) atoms. The van der Waals surface area contributed by atoms with Gasteiger partial charge in [-0.15, -0.1) is 0 Å². The summed E-state index contributed by atoms with van der Waals surface area (Å²) < 4.78 is 23.0. The molecular weight excluding hydrogens is 340 g/mol. The lowest BCUT2D eigenvalue weighted by Crippen LogP contribution is -2.36. The molecule has 7 nitrogen and oxygen atoms in total. The summed E-state index contributed by atoms with van der Waals surface area (Å²) >= 11 is 0. The highest BCUT2D eigenvalue weighted by Crippen LogP contribution is 2.22. The average Bonchev–Trinajstić information content (AvgIpc) is 2.90. The third kappa shape index (κ3) is 4.14. The van der Waals surface area contributed by atoms with Gasteiger partial charge < -0.3 is 10.6 Å². The Balaban J connectivity index is 1.74. The van der Waals surface area contributed by atoms with Crippen LogP contribution < -0.4 is 10.6 Å². The first-order valence-corrected chi connectivity index (χ1v) is 9.84. The summed E-state index contributed by atoms with van der Waals surface area (Å²) in [5.74, 6) is 0.0245. The average molecular weight is 360 g/mol. The van der Waals surface area contributed by atoms with Crippen molar-refractivity contribution < 1.29 is 13.2 Å². The van der Waals surface area contributed by atoms with Crippen LogP contribution in [0.1, 0.15) is 28.0 Å². The standard InChI is InChI=1S/C17H20N4O3S/c1-11-4-3-5-12(2)15(11)21-17-18-8-6-14(20-17)16(22)19-13-7-9-25(23,24)10-13/h3-6,8,13H,7,9-10H2,1-2H3,(H,19,22)(H,18,20,21). The van der Waals surface area contributed by atoms with E-state index in [2.05, 4.69) is 20.6 Å². The molecule has 1 aromatic heterocycles. The lowest BCUT2D eigenvalue weighted by molar-refractivity contribution is 0.0936. The van der Waals surface area contributed by atoms with Crippen LogP contribution in [0.5, 0.6) is 0 Å². The van der Waals surface area contributed by atoms with Crippen LogP contribution in [0.2, 0.25) is 0 Å². The van der Waals surface area contributed by atoms with Crippen LogP contribution in [0, 0.1) is 13.8 Å². The zero-order chi connectivity index (χ0) is 18.0. The highest BCUT2D eigenvalue weighted by Gasteiger charge is 2.29. The predicted octanol–water partition coefficient (Wildman–Crippen LogP) is 1.75. The Kier molecular flexibility index (Phi) is 4.71. The van der Waals surface area contributed by atoms with Crippen molar-refractivity contribution >= 4 is 27.4 Å². The number of para-hydroxylation sites is 1. The van der Waals surface area contributed by atoms with E-state index in [1.54, 1.807) is 0 Å². The largest absolute Gasteiger partial charge is 0.347 e. The second-order valence-electron chi connectivity index (χ2n) is 6.23. The monoisotopic (exact) mass is 360 g/mol. The van der Waals surface area contributed by atoms with Crippen molar-refractivity contribution in [3.8, 4) is 0 Å². The lowest BCUT2D eigenvalue weighted by atomic mass is 10.1. The van der Waals surface area contributed by atoms with Crippen molar-refractivity contribution in [2.24, 2.45) is 0 Å². The van der Waals surface area contributed by atoms with E-state index in [-0.39, 0.29) is 23.2 Å². The smallest absolute Gasteiger partial charge is 0.270 e. The van der Waals surface area contributed by atoms with Gasteiger partial charge in [-0.3, -0.25) is 4.79 Å². The molecule has 0 radical (unpaired) electrons. The number of amides is 1. The maximum absolute atomic E-state index is 12.3. The van der Waals surface area contributed by atoms with Gasteiger partial charge in [-0.1, -0.05) is 18.2 Å².